The molecule has 0 saturated heterocycles. The lowest BCUT2D eigenvalue weighted by molar-refractivity contribution is -0.700. The van der Waals surface area contributed by atoms with E-state index in [1.165, 1.54) is 51.4 Å². The van der Waals surface area contributed by atoms with Crippen LogP contribution in [-0.4, -0.2) is 48.5 Å². The van der Waals surface area contributed by atoms with E-state index in [1.54, 1.807) is 0 Å². The molecule has 0 radical (unpaired) electrons. The van der Waals surface area contributed by atoms with Crippen molar-refractivity contribution in [2.45, 2.75) is 97.1 Å². The lowest BCUT2D eigenvalue weighted by Gasteiger charge is -2.17. The van der Waals surface area contributed by atoms with Crippen LogP contribution in [-0.2, 0) is 14.6 Å². The summed E-state index contributed by atoms with van der Waals surface area (Å²) in [7, 11) is -3.60. The Bertz CT molecular complexity index is 397. The molecule has 1 unspecified atom stereocenters. The van der Waals surface area contributed by atoms with Gasteiger partial charge in [-0.2, -0.15) is 0 Å². The first-order valence-corrected chi connectivity index (χ1v) is 12.1. The van der Waals surface area contributed by atoms with Crippen molar-refractivity contribution < 1.29 is 27.6 Å². The third kappa shape index (κ3) is 28.9. The van der Waals surface area contributed by atoms with Crippen LogP contribution in [0.3, 0.4) is 0 Å². The van der Waals surface area contributed by atoms with Gasteiger partial charge in [0.05, 0.1) is 18.8 Å². The summed E-state index contributed by atoms with van der Waals surface area (Å²) in [6, 6.07) is 0. The number of unbranched alkanes of at least 4 members (excludes halogenated alkanes) is 7. The van der Waals surface area contributed by atoms with Crippen LogP contribution in [0.4, 0.5) is 0 Å². The lowest BCUT2D eigenvalue weighted by atomic mass is 10.1. The van der Waals surface area contributed by atoms with E-state index >= 15 is 0 Å². The second-order valence-electron chi connectivity index (χ2n) is 7.60. The molecule has 3 N–H and O–H groups in total. The van der Waals surface area contributed by atoms with E-state index in [9.17, 15) is 18.1 Å². The molecule has 0 aromatic heterocycles. The van der Waals surface area contributed by atoms with Crippen molar-refractivity contribution in [3.05, 3.63) is 0 Å². The van der Waals surface area contributed by atoms with E-state index in [0.717, 1.165) is 25.2 Å². The maximum Gasteiger partial charge on any atom is 0.217 e. The molecule has 0 aromatic carbocycles. The van der Waals surface area contributed by atoms with E-state index in [2.05, 4.69) is 37.2 Å². The number of hydrogen-bond acceptors (Lipinski definition) is 6. The van der Waals surface area contributed by atoms with Crippen LogP contribution < -0.4 is 5.32 Å². The number of quaternary nitrogens is 1. The molecule has 0 aliphatic carbocycles. The van der Waals surface area contributed by atoms with Crippen LogP contribution in [0.5, 0.6) is 0 Å². The molecule has 0 aliphatic rings. The molecule has 6 nitrogen and oxygen atoms in total. The zero-order chi connectivity index (χ0) is 20.5. The molecule has 160 valence electrons. The van der Waals surface area contributed by atoms with Gasteiger partial charge < -0.3 is 15.0 Å². The van der Waals surface area contributed by atoms with Crippen molar-refractivity contribution in [2.75, 3.05) is 18.7 Å². The monoisotopic (exact) mass is 415 g/mol. The highest BCUT2D eigenvalue weighted by Gasteiger charge is 2.12. The van der Waals surface area contributed by atoms with Gasteiger partial charge in [-0.15, -0.1) is 0 Å². The molecule has 0 fully saturated rings. The third-order valence-electron chi connectivity index (χ3n) is 3.72. The van der Waals surface area contributed by atoms with E-state index in [4.69, 9.17) is 0 Å². The van der Waals surface area contributed by atoms with Gasteiger partial charge in [0.15, 0.2) is 0 Å². The number of aliphatic hydroxyl groups excluding tert-OH is 1. The van der Waals surface area contributed by atoms with Gasteiger partial charge >= 0.3 is 0 Å². The van der Waals surface area contributed by atoms with Crippen LogP contribution in [0.2, 0.25) is 0 Å². The Morgan fingerprint density at radius 3 is 1.96 bits per heavy atom. The Balaban J connectivity index is 0. The summed E-state index contributed by atoms with van der Waals surface area (Å²) < 4.78 is 31.0. The molecule has 0 bridgehead atoms. The van der Waals surface area contributed by atoms with E-state index in [0.29, 0.717) is 5.54 Å². The summed E-state index contributed by atoms with van der Waals surface area (Å²) in [6.45, 7) is 8.94. The first-order chi connectivity index (χ1) is 12.0. The van der Waals surface area contributed by atoms with Crippen molar-refractivity contribution >= 4 is 22.2 Å². The summed E-state index contributed by atoms with van der Waals surface area (Å²) in [4.78, 5) is 0. The molecule has 0 spiro atoms. The van der Waals surface area contributed by atoms with E-state index in [-0.39, 0.29) is 6.10 Å². The topological polar surface area (TPSA) is 103 Å². The highest BCUT2D eigenvalue weighted by atomic mass is 32.3. The smallest absolute Gasteiger partial charge is 0.217 e. The Hall–Kier alpha value is 0.140. The molecule has 26 heavy (non-hydrogen) atoms. The van der Waals surface area contributed by atoms with Gasteiger partial charge in [-0.1, -0.05) is 70.1 Å². The molecular formula is C18H41NO5S2. The molecular weight excluding hydrogens is 374 g/mol. The Kier molecular flexibility index (Phi) is 18.8. The Morgan fingerprint density at radius 1 is 1.08 bits per heavy atom. The van der Waals surface area contributed by atoms with E-state index in [1.807, 2.05) is 11.8 Å². The zero-order valence-corrected chi connectivity index (χ0v) is 19.0. The van der Waals surface area contributed by atoms with Gasteiger partial charge in [-0.3, -0.25) is 4.18 Å². The average molecular weight is 416 g/mol. The van der Waals surface area contributed by atoms with Crippen LogP contribution in [0.25, 0.3) is 0 Å². The van der Waals surface area contributed by atoms with Crippen LogP contribution in [0.1, 0.15) is 85.5 Å². The zero-order valence-electron chi connectivity index (χ0n) is 17.3. The lowest BCUT2D eigenvalue weighted by Crippen LogP contribution is -2.93. The van der Waals surface area contributed by atoms with Crippen molar-refractivity contribution in [2.24, 2.45) is 0 Å². The minimum atomic E-state index is -4.41. The second kappa shape index (κ2) is 17.3. The second-order valence-corrected chi connectivity index (χ2v) is 9.82. The average Bonchev–Trinajstić information content (AvgIpc) is 2.53. The quantitative estimate of drug-likeness (QED) is 0.196. The molecule has 0 aromatic rings. The van der Waals surface area contributed by atoms with Gasteiger partial charge in [0.1, 0.15) is 5.88 Å². The molecule has 0 saturated carbocycles. The fraction of sp³-hybridized carbons (Fsp3) is 1.00. The number of thioether (sulfide) groups is 1. The summed E-state index contributed by atoms with van der Waals surface area (Å²) in [5.74, 6) is 1.95. The summed E-state index contributed by atoms with van der Waals surface area (Å²) in [5, 5.41) is 12.3. The number of rotatable bonds is 14. The van der Waals surface area contributed by atoms with Crippen LogP contribution in [0, 0.1) is 0 Å². The first kappa shape index (κ1) is 28.4. The highest BCUT2D eigenvalue weighted by molar-refractivity contribution is 7.99. The van der Waals surface area contributed by atoms with Crippen LogP contribution >= 0.6 is 11.8 Å². The molecule has 0 aliphatic heterocycles. The molecule has 8 heteroatoms. The fourth-order valence-electron chi connectivity index (χ4n) is 2.11. The maximum atomic E-state index is 9.92. The van der Waals surface area contributed by atoms with Gasteiger partial charge in [0.25, 0.3) is 0 Å². The number of hydrogen-bond donors (Lipinski definition) is 2. The van der Waals surface area contributed by atoms with Crippen molar-refractivity contribution in [3.63, 3.8) is 0 Å². The summed E-state index contributed by atoms with van der Waals surface area (Å²) in [6.07, 6.45) is 11.6. The van der Waals surface area contributed by atoms with Crippen molar-refractivity contribution in [1.82, 2.24) is 0 Å². The minimum Gasteiger partial charge on any atom is -0.726 e. The predicted molar refractivity (Wildman–Crippen MR) is 109 cm³/mol. The molecule has 1 atom stereocenters. The molecule has 0 heterocycles. The molecule has 0 rings (SSSR count). The minimum absolute atomic E-state index is 0.103. The van der Waals surface area contributed by atoms with Gasteiger partial charge in [0, 0.05) is 5.75 Å². The van der Waals surface area contributed by atoms with Crippen molar-refractivity contribution in [3.8, 4) is 0 Å². The van der Waals surface area contributed by atoms with Gasteiger partial charge in [-0.25, -0.2) is 8.42 Å². The van der Waals surface area contributed by atoms with Gasteiger partial charge in [0.2, 0.25) is 10.4 Å². The van der Waals surface area contributed by atoms with Gasteiger partial charge in [-0.05, 0) is 27.2 Å². The summed E-state index contributed by atoms with van der Waals surface area (Å²) >= 11 is 1.86. The first-order valence-electron chi connectivity index (χ1n) is 9.63. The fourth-order valence-corrected chi connectivity index (χ4v) is 3.30. The standard InChI is InChI=1S/C17H37NOS.CH4O4S/c1-5-6-7-8-9-10-11-12-13-16(19)14-20-15-18-17(2,3)4;1-5-6(2,3)4/h16,18-19H,5-15H2,1-4H3;1H3,(H,2,3,4). The number of nitrogens with two attached hydrogens (primary N) is 1. The SMILES string of the molecule is CCCCCCCCCCC(O)CSC[NH2+]C(C)(C)C.COS(=O)(=O)[O-]. The largest absolute Gasteiger partial charge is 0.726 e. The third-order valence-corrected chi connectivity index (χ3v) is 5.15. The number of aliphatic hydroxyl groups is 1. The molecule has 0 amide bonds. The normalized spacial score (nSPS) is 13.2. The van der Waals surface area contributed by atoms with E-state index < -0.39 is 10.4 Å². The summed E-state index contributed by atoms with van der Waals surface area (Å²) in [5.41, 5.74) is 0.301. The maximum absolute atomic E-state index is 9.92. The highest BCUT2D eigenvalue weighted by Crippen LogP contribution is 2.12. The van der Waals surface area contributed by atoms with Crippen molar-refractivity contribution in [1.29, 1.82) is 0 Å². The predicted octanol–water partition coefficient (Wildman–Crippen LogP) is 3.02. The van der Waals surface area contributed by atoms with Crippen LogP contribution in [0.15, 0.2) is 0 Å². The Labute approximate surface area is 165 Å². The Morgan fingerprint density at radius 2 is 1.54 bits per heavy atom.